The summed E-state index contributed by atoms with van der Waals surface area (Å²) in [7, 11) is 1.74. The molecule has 5 rings (SSSR count). The first-order chi connectivity index (χ1) is 18.6. The molecular weight excluding hydrogens is 472 g/mol. The highest BCUT2D eigenvalue weighted by molar-refractivity contribution is 5.70. The van der Waals surface area contributed by atoms with Crippen LogP contribution >= 0.6 is 0 Å². The minimum absolute atomic E-state index is 0.434. The first-order valence-corrected chi connectivity index (χ1v) is 14.9. The van der Waals surface area contributed by atoms with Crippen molar-refractivity contribution in [2.75, 3.05) is 63.1 Å². The lowest BCUT2D eigenvalue weighted by Crippen LogP contribution is -2.42. The van der Waals surface area contributed by atoms with Gasteiger partial charge in [0.2, 0.25) is 5.95 Å². The molecule has 38 heavy (non-hydrogen) atoms. The fourth-order valence-corrected chi connectivity index (χ4v) is 6.10. The maximum absolute atomic E-state index is 5.80. The molecule has 0 amide bonds. The minimum Gasteiger partial charge on any atom is -0.496 e. The van der Waals surface area contributed by atoms with Gasteiger partial charge in [0, 0.05) is 56.7 Å². The maximum atomic E-state index is 5.80. The van der Waals surface area contributed by atoms with E-state index in [-0.39, 0.29) is 0 Å². The van der Waals surface area contributed by atoms with Gasteiger partial charge in [-0.15, -0.1) is 0 Å². The third kappa shape index (κ3) is 6.71. The summed E-state index contributed by atoms with van der Waals surface area (Å²) >= 11 is 0. The number of methoxy groups -OCH3 is 1. The number of piperidine rings is 1. The van der Waals surface area contributed by atoms with Crippen LogP contribution in [0.3, 0.4) is 0 Å². The minimum atomic E-state index is 0.434. The van der Waals surface area contributed by atoms with E-state index < -0.39 is 0 Å². The van der Waals surface area contributed by atoms with E-state index in [0.29, 0.717) is 12.1 Å². The monoisotopic (exact) mass is 518 g/mol. The number of hydrogen-bond donors (Lipinski definition) is 1. The van der Waals surface area contributed by atoms with E-state index in [0.717, 1.165) is 99.2 Å². The molecule has 4 heterocycles. The van der Waals surface area contributed by atoms with Crippen LogP contribution in [0.2, 0.25) is 0 Å². The lowest BCUT2D eigenvalue weighted by Gasteiger charge is -2.35. The lowest BCUT2D eigenvalue weighted by atomic mass is 10.0. The van der Waals surface area contributed by atoms with E-state index in [2.05, 4.69) is 57.9 Å². The Morgan fingerprint density at radius 1 is 1.03 bits per heavy atom. The van der Waals surface area contributed by atoms with Crippen molar-refractivity contribution in [1.29, 1.82) is 0 Å². The van der Waals surface area contributed by atoms with Crippen LogP contribution < -0.4 is 10.2 Å². The Labute approximate surface area is 229 Å². The Morgan fingerprint density at radius 3 is 2.47 bits per heavy atom. The summed E-state index contributed by atoms with van der Waals surface area (Å²) in [6.45, 7) is 12.6. The molecule has 0 saturated carbocycles. The van der Waals surface area contributed by atoms with E-state index in [1.807, 2.05) is 0 Å². The van der Waals surface area contributed by atoms with Gasteiger partial charge in [-0.25, -0.2) is 4.98 Å². The molecule has 0 unspecified atom stereocenters. The molecule has 1 aromatic rings. The average Bonchev–Trinajstić information content (AvgIpc) is 3.62. The maximum Gasteiger partial charge on any atom is 0.227 e. The Bertz CT molecular complexity index is 1060. The van der Waals surface area contributed by atoms with Crippen LogP contribution in [0.15, 0.2) is 17.4 Å². The van der Waals surface area contributed by atoms with Gasteiger partial charge in [0.15, 0.2) is 0 Å². The number of rotatable bonds is 8. The van der Waals surface area contributed by atoms with E-state index >= 15 is 0 Å². The van der Waals surface area contributed by atoms with E-state index in [1.54, 1.807) is 7.11 Å². The zero-order valence-electron chi connectivity index (χ0n) is 23.8. The molecule has 0 radical (unpaired) electrons. The Morgan fingerprint density at radius 2 is 1.76 bits per heavy atom. The van der Waals surface area contributed by atoms with Gasteiger partial charge in [-0.2, -0.15) is 4.98 Å². The molecule has 3 saturated heterocycles. The standard InChI is InChI=1S/C31H46N6O/c1-24(2)36-21-14-26(15-22-36)32-30-27-12-13-29(38-3)25(11-5-4-6-16-35-17-7-8-18-35)23-28(27)33-31(34-30)37-19-9-10-20-37/h13,23-24,26H,4,6-10,12,14-22H2,1-3H3,(H,32,33,34). The molecule has 0 spiro atoms. The number of unbranched alkanes of at least 4 members (excludes halogenated alkanes) is 1. The molecule has 1 N–H and O–H groups in total. The van der Waals surface area contributed by atoms with Gasteiger partial charge >= 0.3 is 0 Å². The van der Waals surface area contributed by atoms with Crippen molar-refractivity contribution < 1.29 is 4.74 Å². The van der Waals surface area contributed by atoms with Crippen molar-refractivity contribution in [1.82, 2.24) is 19.8 Å². The summed E-state index contributed by atoms with van der Waals surface area (Å²) in [5.74, 6) is 9.53. The van der Waals surface area contributed by atoms with Crippen LogP contribution in [0.1, 0.15) is 76.5 Å². The van der Waals surface area contributed by atoms with Crippen LogP contribution in [0, 0.1) is 11.8 Å². The van der Waals surface area contributed by atoms with E-state index in [1.165, 1.54) is 38.8 Å². The predicted octanol–water partition coefficient (Wildman–Crippen LogP) is 4.71. The number of hydrogen-bond acceptors (Lipinski definition) is 7. The van der Waals surface area contributed by atoms with Crippen molar-refractivity contribution >= 4 is 17.8 Å². The summed E-state index contributed by atoms with van der Waals surface area (Å²) < 4.78 is 5.80. The zero-order valence-corrected chi connectivity index (χ0v) is 23.8. The van der Waals surface area contributed by atoms with Crippen LogP contribution in [0.25, 0.3) is 6.08 Å². The second kappa shape index (κ2) is 13.0. The van der Waals surface area contributed by atoms with E-state index in [9.17, 15) is 0 Å². The summed E-state index contributed by atoms with van der Waals surface area (Å²) in [6, 6.07) is 1.04. The van der Waals surface area contributed by atoms with Gasteiger partial charge in [0.05, 0.1) is 18.4 Å². The third-order valence-electron chi connectivity index (χ3n) is 8.47. The number of anilines is 2. The Balaban J connectivity index is 1.37. The van der Waals surface area contributed by atoms with Crippen molar-refractivity contribution in [3.05, 3.63) is 28.7 Å². The Hall–Kier alpha value is -2.56. The largest absolute Gasteiger partial charge is 0.496 e. The molecule has 7 heteroatoms. The highest BCUT2D eigenvalue weighted by atomic mass is 16.5. The van der Waals surface area contributed by atoms with E-state index in [4.69, 9.17) is 14.7 Å². The lowest BCUT2D eigenvalue weighted by molar-refractivity contribution is 0.177. The fourth-order valence-electron chi connectivity index (χ4n) is 6.10. The quantitative estimate of drug-likeness (QED) is 0.395. The average molecular weight is 519 g/mol. The molecule has 7 nitrogen and oxygen atoms in total. The van der Waals surface area contributed by atoms with Gasteiger partial charge < -0.3 is 24.8 Å². The summed E-state index contributed by atoms with van der Waals surface area (Å²) in [6.07, 6.45) is 14.4. The second-order valence-electron chi connectivity index (χ2n) is 11.5. The molecular formula is C31H46N6O. The third-order valence-corrected chi connectivity index (χ3v) is 8.47. The van der Waals surface area contributed by atoms with Crippen molar-refractivity contribution in [2.45, 2.75) is 83.7 Å². The highest BCUT2D eigenvalue weighted by Crippen LogP contribution is 2.31. The van der Waals surface area contributed by atoms with Gasteiger partial charge in [0.1, 0.15) is 11.6 Å². The topological polar surface area (TPSA) is 56.8 Å². The number of nitrogens with zero attached hydrogens (tertiary/aromatic N) is 5. The summed E-state index contributed by atoms with van der Waals surface area (Å²) in [4.78, 5) is 17.7. The molecule has 0 bridgehead atoms. The van der Waals surface area contributed by atoms with Crippen LogP contribution in [-0.2, 0) is 11.2 Å². The SMILES string of the molecule is COC1=CCc2c(nc(N3CCCC3)nc2NC2CCN(C(C)C)CC2)C=C1C#CCCCN1CCCC1. The van der Waals surface area contributed by atoms with Gasteiger partial charge in [-0.05, 0) is 90.6 Å². The number of ether oxygens (including phenoxy) is 1. The molecule has 0 aromatic carbocycles. The van der Waals surface area contributed by atoms with Gasteiger partial charge in [0.25, 0.3) is 0 Å². The molecule has 206 valence electrons. The van der Waals surface area contributed by atoms with Crippen LogP contribution in [-0.4, -0.2) is 84.8 Å². The number of allylic oxidation sites excluding steroid dienone is 2. The van der Waals surface area contributed by atoms with Crippen molar-refractivity contribution in [3.63, 3.8) is 0 Å². The number of aromatic nitrogens is 2. The number of likely N-dealkylation sites (tertiary alicyclic amines) is 2. The fraction of sp³-hybridized carbons (Fsp3) is 0.677. The second-order valence-corrected chi connectivity index (χ2v) is 11.5. The summed E-state index contributed by atoms with van der Waals surface area (Å²) in [5.41, 5.74) is 3.06. The van der Waals surface area contributed by atoms with Gasteiger partial charge in [-0.3, -0.25) is 0 Å². The van der Waals surface area contributed by atoms with Crippen LogP contribution in [0.5, 0.6) is 0 Å². The summed E-state index contributed by atoms with van der Waals surface area (Å²) in [5, 5.41) is 3.85. The smallest absolute Gasteiger partial charge is 0.227 e. The zero-order chi connectivity index (χ0) is 26.3. The molecule has 1 aliphatic carbocycles. The van der Waals surface area contributed by atoms with Gasteiger partial charge in [-0.1, -0.05) is 11.8 Å². The molecule has 1 aromatic heterocycles. The molecule has 0 atom stereocenters. The normalized spacial score (nSPS) is 21.0. The molecule has 3 aliphatic heterocycles. The van der Waals surface area contributed by atoms with Crippen molar-refractivity contribution in [3.8, 4) is 11.8 Å². The first kappa shape index (κ1) is 27.0. The van der Waals surface area contributed by atoms with Crippen molar-refractivity contribution in [2.24, 2.45) is 0 Å². The number of fused-ring (bicyclic) bond motifs is 1. The predicted molar refractivity (Wildman–Crippen MR) is 156 cm³/mol. The Kier molecular flexibility index (Phi) is 9.24. The first-order valence-electron chi connectivity index (χ1n) is 14.9. The highest BCUT2D eigenvalue weighted by Gasteiger charge is 2.25. The number of nitrogens with one attached hydrogen (secondary N) is 1. The molecule has 3 fully saturated rings. The van der Waals surface area contributed by atoms with Crippen LogP contribution in [0.4, 0.5) is 11.8 Å². The molecule has 4 aliphatic rings.